The SMILES string of the molecule is O=C(Cc1ccc(OCCO)cc1)c1ccc(O)cc1. The summed E-state index contributed by atoms with van der Waals surface area (Å²) in [6.45, 7) is 0.229. The number of hydrogen-bond acceptors (Lipinski definition) is 4. The maximum Gasteiger partial charge on any atom is 0.167 e. The van der Waals surface area contributed by atoms with E-state index in [-0.39, 0.29) is 24.7 Å². The molecule has 2 aromatic rings. The van der Waals surface area contributed by atoms with Gasteiger partial charge in [-0.3, -0.25) is 4.79 Å². The third kappa shape index (κ3) is 3.83. The molecule has 4 heteroatoms. The molecule has 0 unspecified atom stereocenters. The quantitative estimate of drug-likeness (QED) is 0.791. The zero-order chi connectivity index (χ0) is 14.4. The first-order chi connectivity index (χ1) is 9.69. The van der Waals surface area contributed by atoms with Crippen LogP contribution in [0.25, 0.3) is 0 Å². The lowest BCUT2D eigenvalue weighted by Gasteiger charge is -2.06. The molecule has 0 atom stereocenters. The third-order valence-corrected chi connectivity index (χ3v) is 2.84. The van der Waals surface area contributed by atoms with Crippen LogP contribution in [0.4, 0.5) is 0 Å². The van der Waals surface area contributed by atoms with Gasteiger partial charge in [-0.2, -0.15) is 0 Å². The van der Waals surface area contributed by atoms with Gasteiger partial charge in [0.1, 0.15) is 18.1 Å². The average Bonchev–Trinajstić information content (AvgIpc) is 2.47. The lowest BCUT2D eigenvalue weighted by Crippen LogP contribution is -2.04. The first kappa shape index (κ1) is 14.1. The van der Waals surface area contributed by atoms with Crippen molar-refractivity contribution in [1.29, 1.82) is 0 Å². The molecular formula is C16H16O4. The molecule has 4 nitrogen and oxygen atoms in total. The molecule has 0 saturated heterocycles. The van der Waals surface area contributed by atoms with Crippen molar-refractivity contribution in [2.75, 3.05) is 13.2 Å². The largest absolute Gasteiger partial charge is 0.508 e. The summed E-state index contributed by atoms with van der Waals surface area (Å²) < 4.78 is 5.25. The van der Waals surface area contributed by atoms with E-state index in [1.807, 2.05) is 12.1 Å². The first-order valence-corrected chi connectivity index (χ1v) is 6.34. The lowest BCUT2D eigenvalue weighted by atomic mass is 10.0. The summed E-state index contributed by atoms with van der Waals surface area (Å²) in [4.78, 5) is 12.0. The van der Waals surface area contributed by atoms with Crippen molar-refractivity contribution in [3.8, 4) is 11.5 Å². The monoisotopic (exact) mass is 272 g/mol. The number of aliphatic hydroxyl groups excluding tert-OH is 1. The Morgan fingerprint density at radius 2 is 1.65 bits per heavy atom. The summed E-state index contributed by atoms with van der Waals surface area (Å²) in [5.41, 5.74) is 1.46. The zero-order valence-electron chi connectivity index (χ0n) is 11.0. The Hall–Kier alpha value is -2.33. The summed E-state index contributed by atoms with van der Waals surface area (Å²) in [7, 11) is 0. The van der Waals surface area contributed by atoms with E-state index in [1.165, 1.54) is 12.1 Å². The smallest absolute Gasteiger partial charge is 0.167 e. The second-order valence-corrected chi connectivity index (χ2v) is 4.36. The molecule has 20 heavy (non-hydrogen) atoms. The van der Waals surface area contributed by atoms with E-state index in [2.05, 4.69) is 0 Å². The Labute approximate surface area is 117 Å². The molecule has 0 amide bonds. The van der Waals surface area contributed by atoms with Gasteiger partial charge in [-0.05, 0) is 42.0 Å². The predicted octanol–water partition coefficient (Wildman–Crippen LogP) is 2.19. The Morgan fingerprint density at radius 3 is 2.25 bits per heavy atom. The van der Waals surface area contributed by atoms with Crippen LogP contribution in [0.3, 0.4) is 0 Å². The van der Waals surface area contributed by atoms with Gasteiger partial charge in [0.25, 0.3) is 0 Å². The number of benzene rings is 2. The fourth-order valence-corrected chi connectivity index (χ4v) is 1.80. The highest BCUT2D eigenvalue weighted by Crippen LogP contribution is 2.15. The summed E-state index contributed by atoms with van der Waals surface area (Å²) >= 11 is 0. The molecule has 0 radical (unpaired) electrons. The Kier molecular flexibility index (Phi) is 4.74. The molecule has 0 saturated carbocycles. The van der Waals surface area contributed by atoms with Gasteiger partial charge in [0, 0.05) is 12.0 Å². The van der Waals surface area contributed by atoms with Gasteiger partial charge in [-0.1, -0.05) is 12.1 Å². The molecule has 0 aliphatic rings. The van der Waals surface area contributed by atoms with Gasteiger partial charge >= 0.3 is 0 Å². The van der Waals surface area contributed by atoms with Crippen LogP contribution in [0, 0.1) is 0 Å². The van der Waals surface area contributed by atoms with Crippen LogP contribution in [0.2, 0.25) is 0 Å². The van der Waals surface area contributed by atoms with Crippen molar-refractivity contribution >= 4 is 5.78 Å². The number of carbonyl (C=O) groups excluding carboxylic acids is 1. The van der Waals surface area contributed by atoms with Crippen LogP contribution in [0.1, 0.15) is 15.9 Å². The van der Waals surface area contributed by atoms with E-state index in [9.17, 15) is 9.90 Å². The minimum Gasteiger partial charge on any atom is -0.508 e. The molecule has 0 fully saturated rings. The average molecular weight is 272 g/mol. The molecule has 0 aliphatic carbocycles. The Balaban J connectivity index is 1.99. The second-order valence-electron chi connectivity index (χ2n) is 4.36. The fraction of sp³-hybridized carbons (Fsp3) is 0.188. The molecule has 2 aromatic carbocycles. The number of carbonyl (C=O) groups is 1. The maximum absolute atomic E-state index is 12.0. The standard InChI is InChI=1S/C16H16O4/c17-9-10-20-15-7-1-12(2-8-15)11-16(19)13-3-5-14(18)6-4-13/h1-8,17-18H,9-11H2. The van der Waals surface area contributed by atoms with Crippen LogP contribution in [0.15, 0.2) is 48.5 Å². The van der Waals surface area contributed by atoms with E-state index in [0.29, 0.717) is 17.7 Å². The van der Waals surface area contributed by atoms with Gasteiger partial charge in [-0.25, -0.2) is 0 Å². The number of hydrogen-bond donors (Lipinski definition) is 2. The van der Waals surface area contributed by atoms with Crippen molar-refractivity contribution in [2.45, 2.75) is 6.42 Å². The molecule has 0 heterocycles. The number of ether oxygens (including phenoxy) is 1. The molecule has 0 spiro atoms. The molecular weight excluding hydrogens is 256 g/mol. The second kappa shape index (κ2) is 6.73. The highest BCUT2D eigenvalue weighted by molar-refractivity contribution is 5.97. The molecule has 2 N–H and O–H groups in total. The van der Waals surface area contributed by atoms with Crippen molar-refractivity contribution in [3.05, 3.63) is 59.7 Å². The van der Waals surface area contributed by atoms with E-state index in [4.69, 9.17) is 9.84 Å². The van der Waals surface area contributed by atoms with Gasteiger partial charge in [0.2, 0.25) is 0 Å². The third-order valence-electron chi connectivity index (χ3n) is 2.84. The van der Waals surface area contributed by atoms with E-state index in [0.717, 1.165) is 5.56 Å². The van der Waals surface area contributed by atoms with Gasteiger partial charge in [0.15, 0.2) is 5.78 Å². The molecule has 0 bridgehead atoms. The molecule has 104 valence electrons. The van der Waals surface area contributed by atoms with Crippen LogP contribution in [-0.2, 0) is 6.42 Å². The minimum atomic E-state index is -0.0267. The summed E-state index contributed by atoms with van der Waals surface area (Å²) in [6.07, 6.45) is 0.297. The first-order valence-electron chi connectivity index (χ1n) is 6.34. The fourth-order valence-electron chi connectivity index (χ4n) is 1.80. The lowest BCUT2D eigenvalue weighted by molar-refractivity contribution is 0.0993. The normalized spacial score (nSPS) is 10.2. The number of aromatic hydroxyl groups is 1. The summed E-state index contributed by atoms with van der Waals surface area (Å²) in [6, 6.07) is 13.4. The Morgan fingerprint density at radius 1 is 1.00 bits per heavy atom. The van der Waals surface area contributed by atoms with Crippen LogP contribution in [0.5, 0.6) is 11.5 Å². The van der Waals surface area contributed by atoms with E-state index >= 15 is 0 Å². The summed E-state index contributed by atoms with van der Waals surface area (Å²) in [5.74, 6) is 0.806. The molecule has 2 rings (SSSR count). The van der Waals surface area contributed by atoms with Crippen molar-refractivity contribution < 1.29 is 19.7 Å². The number of Topliss-reactive ketones (excluding diaryl/α,β-unsaturated/α-hetero) is 1. The number of ketones is 1. The molecule has 0 aromatic heterocycles. The Bertz CT molecular complexity index is 558. The van der Waals surface area contributed by atoms with Crippen LogP contribution < -0.4 is 4.74 Å². The maximum atomic E-state index is 12.0. The van der Waals surface area contributed by atoms with Gasteiger partial charge in [-0.15, -0.1) is 0 Å². The summed E-state index contributed by atoms with van der Waals surface area (Å²) in [5, 5.41) is 17.8. The van der Waals surface area contributed by atoms with Crippen LogP contribution in [-0.4, -0.2) is 29.2 Å². The highest BCUT2D eigenvalue weighted by Gasteiger charge is 2.07. The number of phenols is 1. The predicted molar refractivity (Wildman–Crippen MR) is 75.2 cm³/mol. The highest BCUT2D eigenvalue weighted by atomic mass is 16.5. The van der Waals surface area contributed by atoms with Gasteiger partial charge in [0.05, 0.1) is 6.61 Å². The zero-order valence-corrected chi connectivity index (χ0v) is 11.0. The van der Waals surface area contributed by atoms with E-state index in [1.54, 1.807) is 24.3 Å². The van der Waals surface area contributed by atoms with Crippen molar-refractivity contribution in [1.82, 2.24) is 0 Å². The van der Waals surface area contributed by atoms with Gasteiger partial charge < -0.3 is 14.9 Å². The topological polar surface area (TPSA) is 66.8 Å². The minimum absolute atomic E-state index is 0.00553. The van der Waals surface area contributed by atoms with Crippen LogP contribution >= 0.6 is 0 Å². The van der Waals surface area contributed by atoms with Crippen molar-refractivity contribution in [3.63, 3.8) is 0 Å². The molecule has 0 aliphatic heterocycles. The number of rotatable bonds is 6. The van der Waals surface area contributed by atoms with E-state index < -0.39 is 0 Å². The number of phenolic OH excluding ortho intramolecular Hbond substituents is 1. The number of aliphatic hydroxyl groups is 1. The van der Waals surface area contributed by atoms with Crippen molar-refractivity contribution in [2.24, 2.45) is 0 Å².